The number of aromatic nitrogens is 1. The van der Waals surface area contributed by atoms with Crippen molar-refractivity contribution in [1.82, 2.24) is 4.98 Å². The van der Waals surface area contributed by atoms with Crippen LogP contribution in [0.5, 0.6) is 0 Å². The Morgan fingerprint density at radius 3 is 2.77 bits per heavy atom. The highest BCUT2D eigenvalue weighted by atomic mass is 16.3. The number of hydrogen-bond acceptors (Lipinski definition) is 4. The van der Waals surface area contributed by atoms with E-state index in [2.05, 4.69) is 31.1 Å². The van der Waals surface area contributed by atoms with E-state index in [1.165, 1.54) is 6.39 Å². The van der Waals surface area contributed by atoms with Crippen LogP contribution in [0.2, 0.25) is 0 Å². The van der Waals surface area contributed by atoms with E-state index in [1.807, 2.05) is 18.2 Å². The monoisotopic (exact) mass is 301 g/mol. The van der Waals surface area contributed by atoms with Gasteiger partial charge in [-0.1, -0.05) is 20.8 Å². The summed E-state index contributed by atoms with van der Waals surface area (Å²) in [6.07, 6.45) is 4.60. The predicted octanol–water partition coefficient (Wildman–Crippen LogP) is 3.22. The number of carbonyl (C=O) groups is 1. The number of anilines is 1. The molecule has 0 aliphatic carbocycles. The number of aryl methyl sites for hydroxylation is 1. The van der Waals surface area contributed by atoms with E-state index in [-0.39, 0.29) is 5.91 Å². The molecule has 1 atom stereocenters. The SMILES string of the molecule is CCc1cc(NC(=O)[C@H](N)CC(C)C)ccc1-c1cnco1. The zero-order valence-electron chi connectivity index (χ0n) is 13.3. The van der Waals surface area contributed by atoms with Crippen molar-refractivity contribution in [1.29, 1.82) is 0 Å². The second-order valence-electron chi connectivity index (χ2n) is 5.82. The van der Waals surface area contributed by atoms with Gasteiger partial charge < -0.3 is 15.5 Å². The number of benzene rings is 1. The Balaban J connectivity index is 2.15. The minimum absolute atomic E-state index is 0.150. The first kappa shape index (κ1) is 16.2. The highest BCUT2D eigenvalue weighted by Gasteiger charge is 2.16. The normalized spacial score (nSPS) is 12.4. The second-order valence-corrected chi connectivity index (χ2v) is 5.82. The Hall–Kier alpha value is -2.14. The molecule has 1 heterocycles. The summed E-state index contributed by atoms with van der Waals surface area (Å²) < 4.78 is 5.35. The molecule has 0 saturated heterocycles. The third-order valence-electron chi connectivity index (χ3n) is 3.51. The highest BCUT2D eigenvalue weighted by Crippen LogP contribution is 2.26. The number of amides is 1. The average Bonchev–Trinajstić information content (AvgIpc) is 3.00. The smallest absolute Gasteiger partial charge is 0.241 e. The molecule has 3 N–H and O–H groups in total. The molecule has 0 fully saturated rings. The third kappa shape index (κ3) is 3.95. The van der Waals surface area contributed by atoms with E-state index < -0.39 is 6.04 Å². The number of nitrogens with two attached hydrogens (primary N) is 1. The van der Waals surface area contributed by atoms with Gasteiger partial charge in [-0.15, -0.1) is 0 Å². The quantitative estimate of drug-likeness (QED) is 0.858. The predicted molar refractivity (Wildman–Crippen MR) is 87.4 cm³/mol. The molecule has 0 bridgehead atoms. The number of rotatable bonds is 6. The van der Waals surface area contributed by atoms with E-state index >= 15 is 0 Å². The first-order chi connectivity index (χ1) is 10.5. The van der Waals surface area contributed by atoms with Crippen LogP contribution in [-0.2, 0) is 11.2 Å². The molecule has 0 aliphatic heterocycles. The van der Waals surface area contributed by atoms with Crippen molar-refractivity contribution in [2.45, 2.75) is 39.7 Å². The molecule has 0 aliphatic rings. The third-order valence-corrected chi connectivity index (χ3v) is 3.51. The zero-order valence-corrected chi connectivity index (χ0v) is 13.3. The van der Waals surface area contributed by atoms with E-state index in [9.17, 15) is 4.79 Å². The van der Waals surface area contributed by atoms with Crippen LogP contribution in [0.15, 0.2) is 35.2 Å². The molecule has 1 amide bonds. The summed E-state index contributed by atoms with van der Waals surface area (Å²) in [7, 11) is 0. The van der Waals surface area contributed by atoms with E-state index in [0.717, 1.165) is 29.0 Å². The number of carbonyl (C=O) groups excluding carboxylic acids is 1. The molecular formula is C17H23N3O2. The molecule has 118 valence electrons. The minimum Gasteiger partial charge on any atom is -0.444 e. The van der Waals surface area contributed by atoms with Crippen LogP contribution in [0.4, 0.5) is 5.69 Å². The fraction of sp³-hybridized carbons (Fsp3) is 0.412. The number of oxazole rings is 1. The van der Waals surface area contributed by atoms with Gasteiger partial charge in [-0.25, -0.2) is 4.98 Å². The van der Waals surface area contributed by atoms with Crippen molar-refractivity contribution < 1.29 is 9.21 Å². The van der Waals surface area contributed by atoms with Crippen molar-refractivity contribution in [2.24, 2.45) is 11.7 Å². The molecular weight excluding hydrogens is 278 g/mol. The summed E-state index contributed by atoms with van der Waals surface area (Å²) >= 11 is 0. The van der Waals surface area contributed by atoms with Gasteiger partial charge in [0.2, 0.25) is 5.91 Å². The topological polar surface area (TPSA) is 81.2 Å². The lowest BCUT2D eigenvalue weighted by atomic mass is 10.0. The highest BCUT2D eigenvalue weighted by molar-refractivity contribution is 5.95. The van der Waals surface area contributed by atoms with Gasteiger partial charge in [-0.3, -0.25) is 4.79 Å². The van der Waals surface area contributed by atoms with Gasteiger partial charge in [0.15, 0.2) is 12.2 Å². The van der Waals surface area contributed by atoms with Crippen LogP contribution >= 0.6 is 0 Å². The van der Waals surface area contributed by atoms with Gasteiger partial charge in [-0.05, 0) is 42.5 Å². The standard InChI is InChI=1S/C17H23N3O2/c1-4-12-8-13(20-17(21)15(18)7-11(2)3)5-6-14(12)16-9-19-10-22-16/h5-6,8-11,15H,4,7,18H2,1-3H3,(H,20,21)/t15-/m1/s1. The maximum atomic E-state index is 12.1. The first-order valence-electron chi connectivity index (χ1n) is 7.59. The number of hydrogen-bond donors (Lipinski definition) is 2. The van der Waals surface area contributed by atoms with Crippen LogP contribution < -0.4 is 11.1 Å². The van der Waals surface area contributed by atoms with Gasteiger partial charge in [0.25, 0.3) is 0 Å². The molecule has 2 rings (SSSR count). The molecule has 0 unspecified atom stereocenters. The van der Waals surface area contributed by atoms with Crippen molar-refractivity contribution >= 4 is 11.6 Å². The maximum absolute atomic E-state index is 12.1. The van der Waals surface area contributed by atoms with E-state index in [4.69, 9.17) is 10.2 Å². The Morgan fingerprint density at radius 1 is 1.41 bits per heavy atom. The Labute approximate surface area is 130 Å². The molecule has 0 spiro atoms. The fourth-order valence-corrected chi connectivity index (χ4v) is 2.40. The second kappa shape index (κ2) is 7.22. The van der Waals surface area contributed by atoms with Crippen LogP contribution in [0.25, 0.3) is 11.3 Å². The molecule has 2 aromatic rings. The molecule has 1 aromatic heterocycles. The minimum atomic E-state index is -0.487. The fourth-order valence-electron chi connectivity index (χ4n) is 2.40. The summed E-state index contributed by atoms with van der Waals surface area (Å²) in [6.45, 7) is 6.16. The molecule has 5 nitrogen and oxygen atoms in total. The lowest BCUT2D eigenvalue weighted by Gasteiger charge is -2.15. The van der Waals surface area contributed by atoms with E-state index in [1.54, 1.807) is 6.20 Å². The van der Waals surface area contributed by atoms with Gasteiger partial charge in [0.1, 0.15) is 0 Å². The van der Waals surface area contributed by atoms with E-state index in [0.29, 0.717) is 12.3 Å². The summed E-state index contributed by atoms with van der Waals surface area (Å²) in [6, 6.07) is 5.26. The lowest BCUT2D eigenvalue weighted by Crippen LogP contribution is -2.36. The first-order valence-corrected chi connectivity index (χ1v) is 7.59. The lowest BCUT2D eigenvalue weighted by molar-refractivity contribution is -0.117. The average molecular weight is 301 g/mol. The number of nitrogens with one attached hydrogen (secondary N) is 1. The molecule has 0 saturated carbocycles. The largest absolute Gasteiger partial charge is 0.444 e. The van der Waals surface area contributed by atoms with Crippen molar-refractivity contribution in [2.75, 3.05) is 5.32 Å². The van der Waals surface area contributed by atoms with Crippen LogP contribution in [-0.4, -0.2) is 16.9 Å². The van der Waals surface area contributed by atoms with Crippen molar-refractivity contribution in [3.63, 3.8) is 0 Å². The van der Waals surface area contributed by atoms with Gasteiger partial charge >= 0.3 is 0 Å². The number of nitrogens with zero attached hydrogens (tertiary/aromatic N) is 1. The van der Waals surface area contributed by atoms with Gasteiger partial charge in [-0.2, -0.15) is 0 Å². The van der Waals surface area contributed by atoms with Crippen molar-refractivity contribution in [3.8, 4) is 11.3 Å². The zero-order chi connectivity index (χ0) is 16.1. The van der Waals surface area contributed by atoms with Crippen LogP contribution in [0.1, 0.15) is 32.8 Å². The Kier molecular flexibility index (Phi) is 5.33. The van der Waals surface area contributed by atoms with Crippen LogP contribution in [0, 0.1) is 5.92 Å². The van der Waals surface area contributed by atoms with Crippen molar-refractivity contribution in [3.05, 3.63) is 36.4 Å². The van der Waals surface area contributed by atoms with Crippen LogP contribution in [0.3, 0.4) is 0 Å². The molecule has 0 radical (unpaired) electrons. The summed E-state index contributed by atoms with van der Waals surface area (Å²) in [5, 5.41) is 2.88. The summed E-state index contributed by atoms with van der Waals surface area (Å²) in [4.78, 5) is 16.0. The summed E-state index contributed by atoms with van der Waals surface area (Å²) in [5.41, 5.74) is 8.74. The van der Waals surface area contributed by atoms with Gasteiger partial charge in [0.05, 0.1) is 12.2 Å². The Morgan fingerprint density at radius 2 is 2.18 bits per heavy atom. The summed E-state index contributed by atoms with van der Waals surface area (Å²) in [5.74, 6) is 0.968. The van der Waals surface area contributed by atoms with Gasteiger partial charge in [0, 0.05) is 11.3 Å². The molecule has 22 heavy (non-hydrogen) atoms. The Bertz CT molecular complexity index is 621. The maximum Gasteiger partial charge on any atom is 0.241 e. The molecule has 5 heteroatoms. The molecule has 1 aromatic carbocycles.